The van der Waals surface area contributed by atoms with Gasteiger partial charge < -0.3 is 9.47 Å². The SMILES string of the molecule is CC(C)CC(=O)Oc1ccc(Br)cc1OC(=O)CC(C)C. The van der Waals surface area contributed by atoms with E-state index in [1.165, 1.54) is 0 Å². The summed E-state index contributed by atoms with van der Waals surface area (Å²) in [5.41, 5.74) is 0. The van der Waals surface area contributed by atoms with E-state index in [-0.39, 0.29) is 35.3 Å². The van der Waals surface area contributed by atoms with E-state index in [4.69, 9.17) is 9.47 Å². The average molecular weight is 357 g/mol. The Balaban J connectivity index is 2.84. The molecule has 0 N–H and O–H groups in total. The van der Waals surface area contributed by atoms with E-state index in [1.807, 2.05) is 27.7 Å². The third kappa shape index (κ3) is 6.76. The van der Waals surface area contributed by atoms with Crippen LogP contribution >= 0.6 is 15.9 Å². The first-order valence-corrected chi connectivity index (χ1v) is 7.78. The smallest absolute Gasteiger partial charge is 0.311 e. The molecule has 21 heavy (non-hydrogen) atoms. The van der Waals surface area contributed by atoms with Gasteiger partial charge in [0.25, 0.3) is 0 Å². The molecule has 5 heteroatoms. The Morgan fingerprint density at radius 1 is 0.952 bits per heavy atom. The van der Waals surface area contributed by atoms with Crippen LogP contribution in [0, 0.1) is 11.8 Å². The topological polar surface area (TPSA) is 52.6 Å². The lowest BCUT2D eigenvalue weighted by molar-refractivity contribution is -0.138. The van der Waals surface area contributed by atoms with Crippen molar-refractivity contribution in [1.82, 2.24) is 0 Å². The van der Waals surface area contributed by atoms with Gasteiger partial charge in [-0.2, -0.15) is 0 Å². The number of hydrogen-bond acceptors (Lipinski definition) is 4. The zero-order chi connectivity index (χ0) is 16.0. The van der Waals surface area contributed by atoms with Gasteiger partial charge in [0.15, 0.2) is 11.5 Å². The first kappa shape index (κ1) is 17.7. The lowest BCUT2D eigenvalue weighted by atomic mass is 10.1. The third-order valence-electron chi connectivity index (χ3n) is 2.50. The van der Waals surface area contributed by atoms with Crippen LogP contribution in [-0.2, 0) is 9.59 Å². The molecule has 1 aromatic rings. The Morgan fingerprint density at radius 2 is 1.43 bits per heavy atom. The highest BCUT2D eigenvalue weighted by molar-refractivity contribution is 9.10. The zero-order valence-electron chi connectivity index (χ0n) is 12.8. The molecule has 1 aromatic carbocycles. The molecule has 0 unspecified atom stereocenters. The average Bonchev–Trinajstić information content (AvgIpc) is 2.30. The van der Waals surface area contributed by atoms with Gasteiger partial charge in [0.2, 0.25) is 0 Å². The number of rotatable bonds is 6. The monoisotopic (exact) mass is 356 g/mol. The predicted molar refractivity (Wildman–Crippen MR) is 84.3 cm³/mol. The fourth-order valence-electron chi connectivity index (χ4n) is 1.64. The molecule has 0 amide bonds. The molecule has 0 bridgehead atoms. The molecule has 0 radical (unpaired) electrons. The van der Waals surface area contributed by atoms with Gasteiger partial charge in [0.1, 0.15) is 0 Å². The largest absolute Gasteiger partial charge is 0.423 e. The summed E-state index contributed by atoms with van der Waals surface area (Å²) in [5, 5.41) is 0. The minimum atomic E-state index is -0.343. The number of carbonyl (C=O) groups excluding carboxylic acids is 2. The molecule has 0 atom stereocenters. The fraction of sp³-hybridized carbons (Fsp3) is 0.500. The molecule has 0 spiro atoms. The summed E-state index contributed by atoms with van der Waals surface area (Å²) in [6.07, 6.45) is 0.626. The van der Waals surface area contributed by atoms with Crippen molar-refractivity contribution < 1.29 is 19.1 Å². The van der Waals surface area contributed by atoms with Crippen molar-refractivity contribution in [3.05, 3.63) is 22.7 Å². The Labute approximate surface area is 133 Å². The van der Waals surface area contributed by atoms with E-state index in [1.54, 1.807) is 18.2 Å². The summed E-state index contributed by atoms with van der Waals surface area (Å²) in [5.74, 6) is 0.252. The van der Waals surface area contributed by atoms with Gasteiger partial charge >= 0.3 is 11.9 Å². The molecule has 1 rings (SSSR count). The maximum atomic E-state index is 11.8. The maximum Gasteiger partial charge on any atom is 0.311 e. The van der Waals surface area contributed by atoms with Crippen molar-refractivity contribution >= 4 is 27.9 Å². The van der Waals surface area contributed by atoms with Crippen molar-refractivity contribution in [2.45, 2.75) is 40.5 Å². The highest BCUT2D eigenvalue weighted by Crippen LogP contribution is 2.31. The van der Waals surface area contributed by atoms with Crippen LogP contribution in [0.2, 0.25) is 0 Å². The van der Waals surface area contributed by atoms with Crippen molar-refractivity contribution in [3.8, 4) is 11.5 Å². The molecule has 0 fully saturated rings. The third-order valence-corrected chi connectivity index (χ3v) is 3.00. The number of hydrogen-bond donors (Lipinski definition) is 0. The van der Waals surface area contributed by atoms with Crippen LogP contribution in [0.5, 0.6) is 11.5 Å². The molecule has 4 nitrogen and oxygen atoms in total. The van der Waals surface area contributed by atoms with Crippen molar-refractivity contribution in [2.75, 3.05) is 0 Å². The molecule has 0 saturated heterocycles. The Morgan fingerprint density at radius 3 is 1.90 bits per heavy atom. The first-order valence-electron chi connectivity index (χ1n) is 6.98. The highest BCUT2D eigenvalue weighted by atomic mass is 79.9. The van der Waals surface area contributed by atoms with Gasteiger partial charge in [-0.1, -0.05) is 43.6 Å². The van der Waals surface area contributed by atoms with Crippen LogP contribution < -0.4 is 9.47 Å². The number of halogens is 1. The second kappa shape index (κ2) is 8.17. The second-order valence-corrected chi connectivity index (χ2v) is 6.65. The Kier molecular flexibility index (Phi) is 6.89. The predicted octanol–water partition coefficient (Wildman–Crippen LogP) is 4.35. The number of benzene rings is 1. The van der Waals surface area contributed by atoms with Crippen molar-refractivity contribution in [2.24, 2.45) is 11.8 Å². The number of ether oxygens (including phenoxy) is 2. The lowest BCUT2D eigenvalue weighted by Crippen LogP contribution is -2.14. The summed E-state index contributed by atoms with van der Waals surface area (Å²) in [6, 6.07) is 4.97. The van der Waals surface area contributed by atoms with Gasteiger partial charge in [-0.05, 0) is 30.0 Å². The van der Waals surface area contributed by atoms with Crippen LogP contribution in [0.4, 0.5) is 0 Å². The van der Waals surface area contributed by atoms with Gasteiger partial charge in [-0.15, -0.1) is 0 Å². The molecular formula is C16H21BrO4. The molecule has 0 aromatic heterocycles. The van der Waals surface area contributed by atoms with Crippen LogP contribution in [-0.4, -0.2) is 11.9 Å². The van der Waals surface area contributed by atoms with E-state index < -0.39 is 0 Å². The first-order chi connectivity index (χ1) is 9.77. The van der Waals surface area contributed by atoms with E-state index in [0.29, 0.717) is 12.8 Å². The molecule has 0 aliphatic rings. The molecular weight excluding hydrogens is 336 g/mol. The molecule has 0 aliphatic heterocycles. The van der Waals surface area contributed by atoms with E-state index in [2.05, 4.69) is 15.9 Å². The van der Waals surface area contributed by atoms with Crippen molar-refractivity contribution in [1.29, 1.82) is 0 Å². The number of esters is 2. The van der Waals surface area contributed by atoms with Crippen LogP contribution in [0.25, 0.3) is 0 Å². The number of carbonyl (C=O) groups is 2. The van der Waals surface area contributed by atoms with E-state index >= 15 is 0 Å². The normalized spacial score (nSPS) is 10.8. The summed E-state index contributed by atoms with van der Waals surface area (Å²) >= 11 is 3.31. The summed E-state index contributed by atoms with van der Waals surface area (Å²) < 4.78 is 11.3. The standard InChI is InChI=1S/C16H21BrO4/c1-10(2)7-15(18)20-13-6-5-12(17)9-14(13)21-16(19)8-11(3)4/h5-6,9-11H,7-8H2,1-4H3. The minimum absolute atomic E-state index is 0.205. The summed E-state index contributed by atoms with van der Waals surface area (Å²) in [4.78, 5) is 23.5. The minimum Gasteiger partial charge on any atom is -0.423 e. The van der Waals surface area contributed by atoms with Gasteiger partial charge in [0.05, 0.1) is 0 Å². The van der Waals surface area contributed by atoms with Crippen LogP contribution in [0.15, 0.2) is 22.7 Å². The Bertz CT molecular complexity index is 509. The molecule has 0 saturated carbocycles. The quantitative estimate of drug-likeness (QED) is 0.561. The highest BCUT2D eigenvalue weighted by Gasteiger charge is 2.16. The summed E-state index contributed by atoms with van der Waals surface area (Å²) in [7, 11) is 0. The molecule has 116 valence electrons. The van der Waals surface area contributed by atoms with Gasteiger partial charge in [0, 0.05) is 17.3 Å². The molecule has 0 heterocycles. The molecule has 0 aliphatic carbocycles. The Hall–Kier alpha value is -1.36. The maximum absolute atomic E-state index is 11.8. The zero-order valence-corrected chi connectivity index (χ0v) is 14.4. The van der Waals surface area contributed by atoms with E-state index in [9.17, 15) is 9.59 Å². The fourth-order valence-corrected chi connectivity index (χ4v) is 1.98. The second-order valence-electron chi connectivity index (χ2n) is 5.74. The van der Waals surface area contributed by atoms with Crippen LogP contribution in [0.1, 0.15) is 40.5 Å². The van der Waals surface area contributed by atoms with E-state index in [0.717, 1.165) is 4.47 Å². The van der Waals surface area contributed by atoms with Gasteiger partial charge in [-0.3, -0.25) is 9.59 Å². The van der Waals surface area contributed by atoms with Crippen molar-refractivity contribution in [3.63, 3.8) is 0 Å². The van der Waals surface area contributed by atoms with Gasteiger partial charge in [-0.25, -0.2) is 0 Å². The summed E-state index contributed by atoms with van der Waals surface area (Å²) in [6.45, 7) is 7.75. The van der Waals surface area contributed by atoms with Crippen LogP contribution in [0.3, 0.4) is 0 Å². The lowest BCUT2D eigenvalue weighted by Gasteiger charge is -2.12.